The highest BCUT2D eigenvalue weighted by molar-refractivity contribution is 8.04. The van der Waals surface area contributed by atoms with Crippen molar-refractivity contribution in [3.05, 3.63) is 24.3 Å². The van der Waals surface area contributed by atoms with Gasteiger partial charge in [0, 0.05) is 103 Å². The summed E-state index contributed by atoms with van der Waals surface area (Å²) in [5.74, 6) is 6.10. The number of nitrogens with zero attached hydrogens (tertiary/aromatic N) is 1. The van der Waals surface area contributed by atoms with E-state index in [1.165, 1.54) is 17.2 Å². The van der Waals surface area contributed by atoms with Gasteiger partial charge < -0.3 is 41.7 Å². The Morgan fingerprint density at radius 2 is 1.21 bits per heavy atom. The number of thioether (sulfide) groups is 4. The van der Waals surface area contributed by atoms with Crippen molar-refractivity contribution in [2.24, 2.45) is 4.99 Å². The molecule has 2 unspecified atom stereocenters. The molecule has 0 bridgehead atoms. The molecule has 0 saturated carbocycles. The molecule has 0 aromatic carbocycles. The lowest BCUT2D eigenvalue weighted by atomic mass is 10.4. The molecule has 1 amide bonds. The molecule has 2 aliphatic heterocycles. The number of hydrogen-bond donors (Lipinski definition) is 2. The predicted octanol–water partition coefficient (Wildman–Crippen LogP) is 6.70. The Hall–Kier alpha value is -0.316. The molecule has 12 nitrogen and oxygen atoms in total. The molecule has 18 heteroatoms. The molecule has 2 N–H and O–H groups in total. The molecule has 52 heavy (non-hydrogen) atoms. The highest BCUT2D eigenvalue weighted by atomic mass is 32.2. The molecule has 0 radical (unpaired) electrons. The number of carbonyl (C=O) groups is 1. The summed E-state index contributed by atoms with van der Waals surface area (Å²) in [6.45, 7) is 24.6. The Morgan fingerprint density at radius 3 is 1.65 bits per heavy atom. The summed E-state index contributed by atoms with van der Waals surface area (Å²) in [6.07, 6.45) is 2.61. The molecule has 0 aromatic heterocycles. The van der Waals surface area contributed by atoms with Gasteiger partial charge in [-0.1, -0.05) is 24.3 Å². The van der Waals surface area contributed by atoms with Gasteiger partial charge in [0.05, 0.1) is 13.2 Å². The first-order valence-electron chi connectivity index (χ1n) is 18.2. The number of rotatable bonds is 23. The average molecular weight is 847 g/mol. The van der Waals surface area contributed by atoms with Crippen molar-refractivity contribution < 1.29 is 46.0 Å². The third kappa shape index (κ3) is 25.7. The molecule has 2 heterocycles. The van der Waals surface area contributed by atoms with Crippen molar-refractivity contribution in [1.29, 1.82) is 0 Å². The van der Waals surface area contributed by atoms with Crippen molar-refractivity contribution in [1.82, 2.24) is 5.32 Å². The van der Waals surface area contributed by atoms with Crippen molar-refractivity contribution in [2.75, 3.05) is 100 Å². The minimum absolute atomic E-state index is 0.310. The van der Waals surface area contributed by atoms with Crippen LogP contribution in [-0.4, -0.2) is 146 Å². The van der Waals surface area contributed by atoms with Crippen LogP contribution in [0.3, 0.4) is 0 Å². The molecule has 0 aliphatic carbocycles. The van der Waals surface area contributed by atoms with Gasteiger partial charge >= 0.3 is 23.7 Å². The summed E-state index contributed by atoms with van der Waals surface area (Å²) in [5, 5.41) is 12.4. The smallest absolute Gasteiger partial charge is 0.448 e. The first-order valence-corrected chi connectivity index (χ1v) is 26.5. The van der Waals surface area contributed by atoms with Crippen LogP contribution < -0.4 is 5.32 Å². The third-order valence-corrected chi connectivity index (χ3v) is 18.7. The lowest BCUT2D eigenvalue weighted by Crippen LogP contribution is -2.46. The number of aliphatic hydroxyl groups excluding tert-OH is 1. The Kier molecular flexibility index (Phi) is 33.8. The maximum atomic E-state index is 11.9. The Morgan fingerprint density at radius 1 is 0.769 bits per heavy atom. The summed E-state index contributed by atoms with van der Waals surface area (Å²) in [7, 11) is -5.17. The summed E-state index contributed by atoms with van der Waals surface area (Å²) in [5.41, 5.74) is 2.54. The maximum Gasteiger partial charge on any atom is 0.500 e. The van der Waals surface area contributed by atoms with Gasteiger partial charge in [0.25, 0.3) is 0 Å². The minimum atomic E-state index is -2.63. The zero-order valence-corrected chi connectivity index (χ0v) is 37.7. The molecule has 2 rings (SSSR count). The molecule has 2 atom stereocenters. The maximum absolute atomic E-state index is 11.9. The van der Waals surface area contributed by atoms with Gasteiger partial charge in [0.15, 0.2) is 0 Å². The molecular formula is C34H66N2O10S4Si2. The van der Waals surface area contributed by atoms with Crippen molar-refractivity contribution in [3.8, 4) is 0 Å². The van der Waals surface area contributed by atoms with Crippen LogP contribution in [0, 0.1) is 0 Å². The second-order valence-corrected chi connectivity index (χ2v) is 21.4. The monoisotopic (exact) mass is 846 g/mol. The van der Waals surface area contributed by atoms with E-state index < -0.39 is 17.6 Å². The molecule has 304 valence electrons. The highest BCUT2D eigenvalue weighted by Crippen LogP contribution is 2.26. The summed E-state index contributed by atoms with van der Waals surface area (Å²) in [4.78, 5) is 25.3. The van der Waals surface area contributed by atoms with Crippen molar-refractivity contribution in [2.45, 2.75) is 77.0 Å². The number of aliphatic hydroxyl groups is 1. The number of nitrogens with one attached hydrogen (secondary N) is 1. The Balaban J connectivity index is 0.000000844. The fourth-order valence-electron chi connectivity index (χ4n) is 4.66. The van der Waals surface area contributed by atoms with Gasteiger partial charge in [-0.15, -0.1) is 11.8 Å². The van der Waals surface area contributed by atoms with E-state index in [1.54, 1.807) is 0 Å². The van der Waals surface area contributed by atoms with Crippen LogP contribution in [0.5, 0.6) is 0 Å². The van der Waals surface area contributed by atoms with Gasteiger partial charge in [-0.05, 0) is 54.4 Å². The third-order valence-electron chi connectivity index (χ3n) is 6.80. The van der Waals surface area contributed by atoms with Crippen LogP contribution in [0.1, 0.15) is 54.4 Å². The Bertz CT molecular complexity index is 968. The Labute approximate surface area is 333 Å². The summed E-state index contributed by atoms with van der Waals surface area (Å²) < 4.78 is 39.7. The number of ether oxygens (including phenoxy) is 1. The van der Waals surface area contributed by atoms with E-state index in [1.807, 2.05) is 88.6 Å². The quantitative estimate of drug-likeness (QED) is 0.0370. The van der Waals surface area contributed by atoms with Crippen molar-refractivity contribution >= 4 is 76.8 Å². The van der Waals surface area contributed by atoms with E-state index in [0.29, 0.717) is 88.5 Å². The standard InChI is InChI=1S/C17H33NO5S2Si.C10H21NO4Si.C7H12OS2/c1-5-21-26(22-6-2,23-7-3)10-8-9-18-17(19)20-11-16-14-24-12-15(4)13-25-16;1-4-13-16(14-5-2,15-6-3)9-7-8-11-10-12;1-6-3-9-5-7(2-8)10-4-6/h16H,4-14H2,1-3H3,(H,18,19);4-9H2,1-3H3;7-8H,1-5H2. The lowest BCUT2D eigenvalue weighted by molar-refractivity contribution is 0.0700. The highest BCUT2D eigenvalue weighted by Gasteiger charge is 2.40. The number of alkyl carbamates (subject to hydrolysis) is 1. The van der Waals surface area contributed by atoms with Gasteiger partial charge in [0.2, 0.25) is 6.08 Å². The van der Waals surface area contributed by atoms with Gasteiger partial charge in [-0.25, -0.2) is 14.6 Å². The number of carbonyl (C=O) groups excluding carboxylic acids is 2. The van der Waals surface area contributed by atoms with Gasteiger partial charge in [-0.2, -0.15) is 35.3 Å². The van der Waals surface area contributed by atoms with E-state index in [4.69, 9.17) is 36.4 Å². The molecular weight excluding hydrogens is 781 g/mol. The normalized spacial score (nSPS) is 18.1. The van der Waals surface area contributed by atoms with E-state index in [2.05, 4.69) is 23.5 Å². The molecule has 2 saturated heterocycles. The van der Waals surface area contributed by atoms with E-state index >= 15 is 0 Å². The average Bonchev–Trinajstić information content (AvgIpc) is 3.47. The fourth-order valence-corrected chi connectivity index (χ4v) is 14.6. The summed E-state index contributed by atoms with van der Waals surface area (Å²) in [6, 6.07) is 1.37. The number of hydrogen-bond acceptors (Lipinski definition) is 15. The van der Waals surface area contributed by atoms with Crippen LogP contribution in [0.4, 0.5) is 4.79 Å². The first kappa shape index (κ1) is 51.7. The molecule has 0 aromatic rings. The van der Waals surface area contributed by atoms with Crippen LogP contribution in [0.2, 0.25) is 12.1 Å². The number of aliphatic imine (C=N–C) groups is 1. The van der Waals surface area contributed by atoms with Crippen LogP contribution in [0.25, 0.3) is 0 Å². The number of isocyanates is 1. The van der Waals surface area contributed by atoms with E-state index in [-0.39, 0.29) is 6.09 Å². The first-order chi connectivity index (χ1) is 25.1. The second-order valence-electron chi connectivity index (χ2n) is 11.2. The second kappa shape index (κ2) is 34.0. The van der Waals surface area contributed by atoms with E-state index in [9.17, 15) is 9.59 Å². The molecule has 2 fully saturated rings. The minimum Gasteiger partial charge on any atom is -0.448 e. The van der Waals surface area contributed by atoms with E-state index in [0.717, 1.165) is 47.4 Å². The van der Waals surface area contributed by atoms with Crippen LogP contribution in [-0.2, 0) is 36.1 Å². The topological polar surface area (TPSA) is 143 Å². The number of amides is 1. The van der Waals surface area contributed by atoms with Crippen LogP contribution >= 0.6 is 47.0 Å². The predicted molar refractivity (Wildman–Crippen MR) is 225 cm³/mol. The molecule has 0 spiro atoms. The molecule has 2 aliphatic rings. The van der Waals surface area contributed by atoms with Gasteiger partial charge in [-0.3, -0.25) is 0 Å². The zero-order chi connectivity index (χ0) is 38.9. The van der Waals surface area contributed by atoms with Crippen molar-refractivity contribution in [3.63, 3.8) is 0 Å². The lowest BCUT2D eigenvalue weighted by Gasteiger charge is -2.28. The summed E-state index contributed by atoms with van der Waals surface area (Å²) >= 11 is 7.36. The largest absolute Gasteiger partial charge is 0.500 e. The fraction of sp³-hybridized carbons (Fsp3) is 0.824. The van der Waals surface area contributed by atoms with Crippen LogP contribution in [0.15, 0.2) is 29.3 Å². The van der Waals surface area contributed by atoms with Gasteiger partial charge in [0.1, 0.15) is 6.61 Å². The SMILES string of the molecule is C=C1CSCC(CO)SC1.C=C1CSCC(COC(=O)NCCC[Si](OCC)(OCC)OCC)SC1.CCO[Si](CCCN=C=O)(OCC)OCC. The zero-order valence-electron chi connectivity index (χ0n) is 32.4.